The van der Waals surface area contributed by atoms with E-state index in [1.807, 2.05) is 25.3 Å². The normalized spacial score (nSPS) is 18.9. The molecule has 0 saturated carbocycles. The fourth-order valence-electron chi connectivity index (χ4n) is 3.04. The van der Waals surface area contributed by atoms with Crippen molar-refractivity contribution < 1.29 is 13.2 Å². The molecule has 1 amide bonds. The number of nitrogens with one attached hydrogen (secondary N) is 1. The number of nitrogens with zero attached hydrogens (tertiary/aromatic N) is 4. The highest BCUT2D eigenvalue weighted by Gasteiger charge is 2.33. The Hall–Kier alpha value is -2.81. The summed E-state index contributed by atoms with van der Waals surface area (Å²) in [6, 6.07) is 3.82. The van der Waals surface area contributed by atoms with Crippen LogP contribution in [0.5, 0.6) is 0 Å². The maximum Gasteiger partial charge on any atom is 0.229 e. The number of carbonyl (C=O) groups is 1. The Morgan fingerprint density at radius 1 is 1.31 bits per heavy atom. The molecule has 1 saturated heterocycles. The summed E-state index contributed by atoms with van der Waals surface area (Å²) >= 11 is 0. The second-order valence-electron chi connectivity index (χ2n) is 6.44. The molecule has 0 aromatic carbocycles. The zero-order chi connectivity index (χ0) is 18.3. The van der Waals surface area contributed by atoms with Crippen LogP contribution in [0.1, 0.15) is 12.1 Å². The van der Waals surface area contributed by atoms with Crippen molar-refractivity contribution in [2.45, 2.75) is 13.3 Å². The number of fused-ring (bicyclic) bond motifs is 1. The van der Waals surface area contributed by atoms with Gasteiger partial charge in [0.1, 0.15) is 0 Å². The van der Waals surface area contributed by atoms with E-state index in [0.29, 0.717) is 17.9 Å². The minimum absolute atomic E-state index is 0.0644. The largest absolute Gasteiger partial charge is 0.309 e. The van der Waals surface area contributed by atoms with Crippen molar-refractivity contribution >= 4 is 27.2 Å². The van der Waals surface area contributed by atoms with Gasteiger partial charge < -0.3 is 9.72 Å². The Kier molecular flexibility index (Phi) is 3.95. The Bertz CT molecular complexity index is 1110. The summed E-state index contributed by atoms with van der Waals surface area (Å²) in [6.07, 6.45) is 7.23. The fourth-order valence-corrected chi connectivity index (χ4v) is 4.78. The van der Waals surface area contributed by atoms with Gasteiger partial charge in [-0.2, -0.15) is 0 Å². The molecule has 0 aliphatic carbocycles. The van der Waals surface area contributed by atoms with Crippen molar-refractivity contribution in [2.75, 3.05) is 16.8 Å². The van der Waals surface area contributed by atoms with Gasteiger partial charge in [0, 0.05) is 23.7 Å². The number of anilines is 1. The van der Waals surface area contributed by atoms with E-state index in [2.05, 4.69) is 20.3 Å². The van der Waals surface area contributed by atoms with Crippen LogP contribution in [-0.2, 0) is 14.6 Å². The quantitative estimate of drug-likeness (QED) is 0.747. The van der Waals surface area contributed by atoms with Gasteiger partial charge in [0.05, 0.1) is 35.5 Å². The molecule has 26 heavy (non-hydrogen) atoms. The lowest BCUT2D eigenvalue weighted by Crippen LogP contribution is -2.23. The maximum atomic E-state index is 12.3. The van der Waals surface area contributed by atoms with E-state index in [1.54, 1.807) is 23.0 Å². The van der Waals surface area contributed by atoms with Crippen molar-refractivity contribution in [3.63, 3.8) is 0 Å². The lowest BCUT2D eigenvalue weighted by molar-refractivity contribution is -0.119. The second-order valence-corrected chi connectivity index (χ2v) is 8.67. The molecule has 1 N–H and O–H groups in total. The van der Waals surface area contributed by atoms with E-state index in [0.717, 1.165) is 17.0 Å². The summed E-state index contributed by atoms with van der Waals surface area (Å²) in [5.41, 5.74) is 3.19. The van der Waals surface area contributed by atoms with Crippen molar-refractivity contribution in [3.05, 3.63) is 42.6 Å². The molecule has 3 aromatic heterocycles. The van der Waals surface area contributed by atoms with Crippen LogP contribution in [0, 0.1) is 12.8 Å². The summed E-state index contributed by atoms with van der Waals surface area (Å²) in [7, 11) is -3.10. The first kappa shape index (κ1) is 16.6. The molecule has 4 rings (SSSR count). The molecule has 1 unspecified atom stereocenters. The molecule has 134 valence electrons. The van der Waals surface area contributed by atoms with Gasteiger partial charge in [-0.25, -0.2) is 13.4 Å². The van der Waals surface area contributed by atoms with Gasteiger partial charge in [-0.05, 0) is 25.5 Å². The number of carbonyl (C=O) groups excluding carboxylic acids is 1. The van der Waals surface area contributed by atoms with Crippen LogP contribution in [0.3, 0.4) is 0 Å². The minimum Gasteiger partial charge on any atom is -0.309 e. The third-order valence-corrected chi connectivity index (χ3v) is 6.16. The molecule has 0 spiro atoms. The first-order chi connectivity index (χ1) is 12.4. The predicted molar refractivity (Wildman–Crippen MR) is 96.3 cm³/mol. The molecule has 9 heteroatoms. The Balaban J connectivity index is 1.57. The number of hydrogen-bond donors (Lipinski definition) is 1. The number of hydrogen-bond acceptors (Lipinski definition) is 6. The van der Waals surface area contributed by atoms with Crippen molar-refractivity contribution in [1.29, 1.82) is 0 Å². The summed E-state index contributed by atoms with van der Waals surface area (Å²) in [5, 5.41) is 2.71. The first-order valence-corrected chi connectivity index (χ1v) is 10.0. The molecule has 1 aliphatic heterocycles. The Morgan fingerprint density at radius 3 is 2.88 bits per heavy atom. The number of amides is 1. The van der Waals surface area contributed by atoms with Crippen LogP contribution in [-0.4, -0.2) is 45.2 Å². The highest BCUT2D eigenvalue weighted by molar-refractivity contribution is 7.91. The number of imidazole rings is 1. The monoisotopic (exact) mass is 371 g/mol. The van der Waals surface area contributed by atoms with Gasteiger partial charge >= 0.3 is 0 Å². The molecule has 0 radical (unpaired) electrons. The van der Waals surface area contributed by atoms with Crippen molar-refractivity contribution in [2.24, 2.45) is 5.92 Å². The standard InChI is InChI=1S/C17H17N5O3S/c1-11-6-12(2-4-18-11)14-8-22-9-15(20-16(22)7-19-14)21-17(23)13-3-5-26(24,25)10-13/h2,4,6-9,13H,3,5,10H2,1H3,(H,21,23). The van der Waals surface area contributed by atoms with E-state index >= 15 is 0 Å². The smallest absolute Gasteiger partial charge is 0.229 e. The van der Waals surface area contributed by atoms with E-state index in [9.17, 15) is 13.2 Å². The SMILES string of the molecule is Cc1cc(-c2cn3cc(NC(=O)C4CCS(=O)(=O)C4)nc3cn2)ccn1. The highest BCUT2D eigenvalue weighted by atomic mass is 32.2. The highest BCUT2D eigenvalue weighted by Crippen LogP contribution is 2.21. The molecule has 1 aliphatic rings. The lowest BCUT2D eigenvalue weighted by Gasteiger charge is -2.06. The van der Waals surface area contributed by atoms with Gasteiger partial charge in [-0.15, -0.1) is 0 Å². The molecular formula is C17H17N5O3S. The third kappa shape index (κ3) is 3.30. The number of pyridine rings is 1. The molecule has 1 fully saturated rings. The van der Waals surface area contributed by atoms with E-state index in [-0.39, 0.29) is 17.4 Å². The van der Waals surface area contributed by atoms with E-state index in [4.69, 9.17) is 0 Å². The number of rotatable bonds is 3. The summed E-state index contributed by atoms with van der Waals surface area (Å²) < 4.78 is 24.8. The van der Waals surface area contributed by atoms with Crippen LogP contribution in [0.15, 0.2) is 36.9 Å². The van der Waals surface area contributed by atoms with Crippen LogP contribution in [0.2, 0.25) is 0 Å². The lowest BCUT2D eigenvalue weighted by atomic mass is 10.1. The van der Waals surface area contributed by atoms with Gasteiger partial charge in [0.2, 0.25) is 5.91 Å². The number of aryl methyl sites for hydroxylation is 1. The van der Waals surface area contributed by atoms with Gasteiger partial charge in [-0.1, -0.05) is 0 Å². The summed E-state index contributed by atoms with van der Waals surface area (Å²) in [6.45, 7) is 1.91. The number of sulfone groups is 1. The van der Waals surface area contributed by atoms with E-state index < -0.39 is 15.8 Å². The van der Waals surface area contributed by atoms with Crippen molar-refractivity contribution in [3.8, 4) is 11.3 Å². The predicted octanol–water partition coefficient (Wildman–Crippen LogP) is 1.47. The average Bonchev–Trinajstić information content (AvgIpc) is 3.16. The van der Waals surface area contributed by atoms with Gasteiger partial charge in [0.25, 0.3) is 0 Å². The van der Waals surface area contributed by atoms with Crippen molar-refractivity contribution in [1.82, 2.24) is 19.4 Å². The average molecular weight is 371 g/mol. The molecule has 8 nitrogen and oxygen atoms in total. The second kappa shape index (κ2) is 6.17. The Labute approximate surface area is 150 Å². The van der Waals surface area contributed by atoms with Crippen LogP contribution in [0.4, 0.5) is 5.82 Å². The molecule has 1 atom stereocenters. The number of aromatic nitrogens is 4. The van der Waals surface area contributed by atoms with Crippen LogP contribution < -0.4 is 5.32 Å². The summed E-state index contributed by atoms with van der Waals surface area (Å²) in [4.78, 5) is 25.2. The Morgan fingerprint density at radius 2 is 2.15 bits per heavy atom. The van der Waals surface area contributed by atoms with E-state index in [1.165, 1.54) is 0 Å². The topological polar surface area (TPSA) is 106 Å². The van der Waals surface area contributed by atoms with Gasteiger partial charge in [-0.3, -0.25) is 14.8 Å². The molecule has 0 bridgehead atoms. The zero-order valence-electron chi connectivity index (χ0n) is 14.1. The first-order valence-electron chi connectivity index (χ1n) is 8.19. The summed E-state index contributed by atoms with van der Waals surface area (Å²) in [5.74, 6) is -0.483. The third-order valence-electron chi connectivity index (χ3n) is 4.39. The van der Waals surface area contributed by atoms with Crippen LogP contribution >= 0.6 is 0 Å². The minimum atomic E-state index is -3.10. The van der Waals surface area contributed by atoms with Crippen LogP contribution in [0.25, 0.3) is 16.9 Å². The maximum absolute atomic E-state index is 12.3. The van der Waals surface area contributed by atoms with Gasteiger partial charge in [0.15, 0.2) is 21.3 Å². The fraction of sp³-hybridized carbons (Fsp3) is 0.294. The molecular weight excluding hydrogens is 354 g/mol. The molecule has 4 heterocycles. The molecule has 3 aromatic rings. The zero-order valence-corrected chi connectivity index (χ0v) is 14.9.